The molecule has 40 heavy (non-hydrogen) atoms. The Balaban J connectivity index is 1.27. The Morgan fingerprint density at radius 2 is 1.73 bits per heavy atom. The topological polar surface area (TPSA) is 94.5 Å². The Kier molecular flexibility index (Phi) is 8.14. The van der Waals surface area contributed by atoms with E-state index in [0.29, 0.717) is 30.0 Å². The van der Waals surface area contributed by atoms with Crippen LogP contribution in [-0.2, 0) is 6.54 Å². The third kappa shape index (κ3) is 6.00. The number of carbonyl (C=O) groups excluding carboxylic acids is 2. The van der Waals surface area contributed by atoms with Gasteiger partial charge in [0.2, 0.25) is 0 Å². The molecular weight excluding hydrogens is 502 g/mol. The third-order valence-electron chi connectivity index (χ3n) is 7.29. The van der Waals surface area contributed by atoms with Crippen LogP contribution in [0.1, 0.15) is 36.7 Å². The molecule has 9 nitrogen and oxygen atoms in total. The predicted octanol–water partition coefficient (Wildman–Crippen LogP) is 4.82. The van der Waals surface area contributed by atoms with E-state index >= 15 is 0 Å². The molecule has 5 rings (SSSR count). The number of hydrogen-bond acceptors (Lipinski definition) is 6. The lowest BCUT2D eigenvalue weighted by Crippen LogP contribution is -2.53. The van der Waals surface area contributed by atoms with Gasteiger partial charge in [-0.15, -0.1) is 0 Å². The molecule has 0 spiro atoms. The van der Waals surface area contributed by atoms with Gasteiger partial charge in [-0.1, -0.05) is 12.1 Å². The van der Waals surface area contributed by atoms with E-state index in [1.807, 2.05) is 54.6 Å². The first kappa shape index (κ1) is 27.4. The van der Waals surface area contributed by atoms with Gasteiger partial charge < -0.3 is 20.9 Å². The fraction of sp³-hybridized carbons (Fsp3) is 0.323. The van der Waals surface area contributed by atoms with Crippen molar-refractivity contribution in [2.45, 2.75) is 39.4 Å². The molecule has 2 aromatic carbocycles. The van der Waals surface area contributed by atoms with Crippen LogP contribution < -0.4 is 20.9 Å². The van der Waals surface area contributed by atoms with Gasteiger partial charge in [-0.25, -0.2) is 9.78 Å². The fourth-order valence-corrected chi connectivity index (χ4v) is 5.54. The van der Waals surface area contributed by atoms with Crippen LogP contribution in [-0.4, -0.2) is 65.2 Å². The number of pyridine rings is 1. The van der Waals surface area contributed by atoms with Crippen molar-refractivity contribution in [2.24, 2.45) is 0 Å². The van der Waals surface area contributed by atoms with Crippen molar-refractivity contribution in [3.05, 3.63) is 84.2 Å². The molecule has 208 valence electrons. The lowest BCUT2D eigenvalue weighted by Gasteiger charge is -2.36. The lowest BCUT2D eigenvalue weighted by atomic mass is 10.1. The average molecular weight is 540 g/mol. The molecule has 3 heterocycles. The van der Waals surface area contributed by atoms with Crippen molar-refractivity contribution in [2.75, 3.05) is 36.9 Å². The second-order valence-electron chi connectivity index (χ2n) is 10.4. The number of amides is 2. The summed E-state index contributed by atoms with van der Waals surface area (Å²) >= 11 is 0. The molecule has 1 unspecified atom stereocenters. The summed E-state index contributed by atoms with van der Waals surface area (Å²) in [5.74, 6) is 0.293. The number of fused-ring (bicyclic) bond motifs is 1. The van der Waals surface area contributed by atoms with Gasteiger partial charge in [-0.05, 0) is 68.8 Å². The summed E-state index contributed by atoms with van der Waals surface area (Å²) in [6, 6.07) is 20.3. The molecule has 9 heteroatoms. The zero-order chi connectivity index (χ0) is 28.2. The molecule has 2 amide bonds. The summed E-state index contributed by atoms with van der Waals surface area (Å²) in [6.07, 6.45) is 3.47. The van der Waals surface area contributed by atoms with Crippen LogP contribution in [0.25, 0.3) is 10.9 Å². The first-order valence-electron chi connectivity index (χ1n) is 13.8. The Morgan fingerprint density at radius 3 is 2.42 bits per heavy atom. The Hall–Kier alpha value is -4.21. The second kappa shape index (κ2) is 11.9. The summed E-state index contributed by atoms with van der Waals surface area (Å²) < 4.78 is 1.59. The SMILES string of the molecule is CCN(c1ccnc(NC(=O)c2ccc(CN3CC(C)N[C@H](C)C3)cc2)c1)c1ccc2c(ccn2C(=O)NC)c1. The summed E-state index contributed by atoms with van der Waals surface area (Å²) in [4.78, 5) is 34.1. The highest BCUT2D eigenvalue weighted by Crippen LogP contribution is 2.30. The van der Waals surface area contributed by atoms with Gasteiger partial charge in [0.15, 0.2) is 0 Å². The van der Waals surface area contributed by atoms with Crippen LogP contribution in [0.2, 0.25) is 0 Å². The van der Waals surface area contributed by atoms with Gasteiger partial charge in [0, 0.05) is 86.1 Å². The maximum Gasteiger partial charge on any atom is 0.325 e. The minimum atomic E-state index is -0.194. The number of nitrogens with zero attached hydrogens (tertiary/aromatic N) is 4. The van der Waals surface area contributed by atoms with E-state index in [1.54, 1.807) is 24.0 Å². The van der Waals surface area contributed by atoms with E-state index in [4.69, 9.17) is 0 Å². The van der Waals surface area contributed by atoms with Crippen molar-refractivity contribution in [3.8, 4) is 0 Å². The van der Waals surface area contributed by atoms with E-state index in [0.717, 1.165) is 41.9 Å². The van der Waals surface area contributed by atoms with Gasteiger partial charge in [-0.2, -0.15) is 0 Å². The molecule has 1 fully saturated rings. The summed E-state index contributed by atoms with van der Waals surface area (Å²) in [5.41, 5.74) is 4.52. The molecule has 2 atom stereocenters. The van der Waals surface area contributed by atoms with Gasteiger partial charge in [0.25, 0.3) is 5.91 Å². The highest BCUT2D eigenvalue weighted by atomic mass is 16.2. The Bertz CT molecular complexity index is 1490. The van der Waals surface area contributed by atoms with Crippen molar-refractivity contribution in [1.82, 2.24) is 25.1 Å². The van der Waals surface area contributed by atoms with E-state index in [2.05, 4.69) is 57.6 Å². The molecular formula is C31H37N7O2. The number of hydrogen-bond donors (Lipinski definition) is 3. The highest BCUT2D eigenvalue weighted by Gasteiger charge is 2.21. The minimum absolute atomic E-state index is 0.178. The van der Waals surface area contributed by atoms with Gasteiger partial charge in [0.1, 0.15) is 5.82 Å². The maximum atomic E-state index is 13.0. The zero-order valence-corrected chi connectivity index (χ0v) is 23.5. The van der Waals surface area contributed by atoms with Crippen molar-refractivity contribution in [1.29, 1.82) is 0 Å². The number of benzene rings is 2. The van der Waals surface area contributed by atoms with Gasteiger partial charge >= 0.3 is 6.03 Å². The summed E-state index contributed by atoms with van der Waals surface area (Å²) in [5, 5.41) is 10.1. The number of carbonyl (C=O) groups is 2. The first-order valence-corrected chi connectivity index (χ1v) is 13.8. The quantitative estimate of drug-likeness (QED) is 0.312. The highest BCUT2D eigenvalue weighted by molar-refractivity contribution is 6.04. The van der Waals surface area contributed by atoms with E-state index in [9.17, 15) is 9.59 Å². The minimum Gasteiger partial charge on any atom is -0.342 e. The molecule has 4 aromatic rings. The smallest absolute Gasteiger partial charge is 0.325 e. The van der Waals surface area contributed by atoms with Crippen LogP contribution in [0.4, 0.5) is 22.0 Å². The normalized spacial score (nSPS) is 17.5. The van der Waals surface area contributed by atoms with Crippen LogP contribution in [0.5, 0.6) is 0 Å². The molecule has 0 bridgehead atoms. The predicted molar refractivity (Wildman–Crippen MR) is 160 cm³/mol. The van der Waals surface area contributed by atoms with Crippen molar-refractivity contribution >= 4 is 40.0 Å². The average Bonchev–Trinajstić information content (AvgIpc) is 3.36. The molecule has 2 aromatic heterocycles. The third-order valence-corrected chi connectivity index (χ3v) is 7.29. The molecule has 1 aliphatic rings. The summed E-state index contributed by atoms with van der Waals surface area (Å²) in [7, 11) is 1.62. The van der Waals surface area contributed by atoms with Gasteiger partial charge in [-0.3, -0.25) is 14.3 Å². The van der Waals surface area contributed by atoms with E-state index in [-0.39, 0.29) is 11.9 Å². The van der Waals surface area contributed by atoms with Crippen LogP contribution >= 0.6 is 0 Å². The molecule has 0 saturated carbocycles. The maximum absolute atomic E-state index is 13.0. The van der Waals surface area contributed by atoms with Crippen LogP contribution in [0.3, 0.4) is 0 Å². The van der Waals surface area contributed by atoms with Crippen molar-refractivity contribution < 1.29 is 9.59 Å². The Labute approximate surface area is 235 Å². The van der Waals surface area contributed by atoms with Crippen LogP contribution in [0, 0.1) is 0 Å². The molecule has 1 saturated heterocycles. The molecule has 1 aliphatic heterocycles. The van der Waals surface area contributed by atoms with Crippen molar-refractivity contribution in [3.63, 3.8) is 0 Å². The number of anilines is 3. The largest absolute Gasteiger partial charge is 0.342 e. The number of rotatable bonds is 7. The molecule has 0 radical (unpaired) electrons. The zero-order valence-electron chi connectivity index (χ0n) is 23.5. The molecule has 0 aliphatic carbocycles. The van der Waals surface area contributed by atoms with Gasteiger partial charge in [0.05, 0.1) is 5.52 Å². The number of aromatic nitrogens is 2. The van der Waals surface area contributed by atoms with Crippen LogP contribution in [0.15, 0.2) is 73.1 Å². The number of nitrogens with one attached hydrogen (secondary N) is 3. The monoisotopic (exact) mass is 539 g/mol. The molecule has 3 N–H and O–H groups in total. The lowest BCUT2D eigenvalue weighted by molar-refractivity contribution is 0.102. The number of piperazine rings is 1. The fourth-order valence-electron chi connectivity index (χ4n) is 5.54. The van der Waals surface area contributed by atoms with E-state index < -0.39 is 0 Å². The van der Waals surface area contributed by atoms with E-state index in [1.165, 1.54) is 5.56 Å². The second-order valence-corrected chi connectivity index (χ2v) is 10.4. The summed E-state index contributed by atoms with van der Waals surface area (Å²) in [6.45, 7) is 10.1. The Morgan fingerprint density at radius 1 is 1.00 bits per heavy atom. The standard InChI is InChI=1S/C31H37N7O2/c1-5-37(26-10-11-28-25(16-26)13-15-38(28)31(40)32-4)27-12-14-33-29(17-27)35-30(39)24-8-6-23(7-9-24)20-36-18-21(2)34-22(3)19-36/h6-17,21-22,34H,5,18-20H2,1-4H3,(H,32,40)(H,33,35,39)/t21-,22?/m1/s1. The first-order chi connectivity index (χ1) is 19.3.